The van der Waals surface area contributed by atoms with Gasteiger partial charge in [-0.15, -0.1) is 0 Å². The van der Waals surface area contributed by atoms with Crippen LogP contribution in [-0.4, -0.2) is 159 Å². The van der Waals surface area contributed by atoms with Crippen molar-refractivity contribution in [3.63, 3.8) is 0 Å². The van der Waals surface area contributed by atoms with Gasteiger partial charge in [0.15, 0.2) is 12.6 Å². The van der Waals surface area contributed by atoms with E-state index in [1.54, 1.807) is 0 Å². The summed E-state index contributed by atoms with van der Waals surface area (Å²) in [6.07, 6.45) is -8.12. The van der Waals surface area contributed by atoms with Crippen molar-refractivity contribution in [3.05, 3.63) is 0 Å². The minimum Gasteiger partial charge on any atom is -0.396 e. The number of ether oxygens (including phenoxy) is 3. The quantitative estimate of drug-likeness (QED) is 0.0252. The molecule has 1 aliphatic heterocycles. The van der Waals surface area contributed by atoms with Crippen molar-refractivity contribution in [1.29, 1.82) is 0 Å². The van der Waals surface area contributed by atoms with Crippen LogP contribution in [-0.2, 0) is 28.6 Å². The highest BCUT2D eigenvalue weighted by molar-refractivity contribution is 5.79. The summed E-state index contributed by atoms with van der Waals surface area (Å²) in [6.45, 7) is 0.998. The van der Waals surface area contributed by atoms with Crippen LogP contribution in [0.15, 0.2) is 0 Å². The van der Waals surface area contributed by atoms with Crippen LogP contribution in [0.1, 0.15) is 64.7 Å². The van der Waals surface area contributed by atoms with Crippen molar-refractivity contribution >= 4 is 18.1 Å². The molecule has 11 N–H and O–H groups in total. The molecule has 0 radical (unpaired) electrons. The Hall–Kier alpha value is -1.87. The third kappa shape index (κ3) is 16.4. The first-order valence-electron chi connectivity index (χ1n) is 16.2. The van der Waals surface area contributed by atoms with Gasteiger partial charge in [-0.1, -0.05) is 6.92 Å². The fraction of sp³-hybridized carbons (Fsp3) is 0.900. The van der Waals surface area contributed by atoms with Gasteiger partial charge in [0.25, 0.3) is 0 Å². The molecular weight excluding hydrogens is 628 g/mol. The topological polar surface area (TPSA) is 285 Å². The van der Waals surface area contributed by atoms with Crippen molar-refractivity contribution in [2.45, 2.75) is 120 Å². The van der Waals surface area contributed by atoms with Crippen molar-refractivity contribution in [3.8, 4) is 0 Å². The van der Waals surface area contributed by atoms with Gasteiger partial charge in [-0.3, -0.25) is 9.59 Å². The van der Waals surface area contributed by atoms with Gasteiger partial charge in [-0.05, 0) is 44.9 Å². The number of hydrogen-bond acceptors (Lipinski definition) is 15. The number of unbranched alkanes of at least 4 members (excludes halogenated alkanes) is 3. The second-order valence-corrected chi connectivity index (χ2v) is 11.9. The van der Waals surface area contributed by atoms with E-state index in [9.17, 15) is 55.2 Å². The highest BCUT2D eigenvalue weighted by atomic mass is 16.7. The number of amides is 2. The van der Waals surface area contributed by atoms with E-state index in [1.165, 1.54) is 6.92 Å². The summed E-state index contributed by atoms with van der Waals surface area (Å²) in [6, 6.07) is -0.673. The maximum atomic E-state index is 12.2. The lowest BCUT2D eigenvalue weighted by molar-refractivity contribution is -0.209. The predicted octanol–water partition coefficient (Wildman–Crippen LogP) is -3.59. The molecular formula is C30H56N2O15. The number of aliphatic hydroxyl groups is 9. The Kier molecular flexibility index (Phi) is 22.3. The molecule has 1 aliphatic rings. The molecule has 0 spiro atoms. The summed E-state index contributed by atoms with van der Waals surface area (Å²) in [5.74, 6) is -1.99. The summed E-state index contributed by atoms with van der Waals surface area (Å²) < 4.78 is 15.9. The Bertz CT molecular complexity index is 871. The average molecular weight is 685 g/mol. The fourth-order valence-corrected chi connectivity index (χ4v) is 4.72. The van der Waals surface area contributed by atoms with Gasteiger partial charge in [-0.25, -0.2) is 0 Å². The number of aldehydes is 1. The lowest BCUT2D eigenvalue weighted by Gasteiger charge is -2.28. The zero-order chi connectivity index (χ0) is 35.4. The van der Waals surface area contributed by atoms with Crippen LogP contribution in [0.25, 0.3) is 0 Å². The molecule has 1 fully saturated rings. The molecule has 0 aromatic rings. The number of aliphatic hydroxyl groups excluding tert-OH is 9. The average Bonchev–Trinajstić information content (AvgIpc) is 3.16. The number of carbonyl (C=O) groups excluding carboxylic acids is 3. The van der Waals surface area contributed by atoms with Gasteiger partial charge in [0.1, 0.15) is 30.7 Å². The van der Waals surface area contributed by atoms with Crippen LogP contribution in [0.4, 0.5) is 0 Å². The minimum absolute atomic E-state index is 0.000724. The molecule has 276 valence electrons. The smallest absolute Gasteiger partial charge is 0.220 e. The van der Waals surface area contributed by atoms with Gasteiger partial charge < -0.3 is 75.6 Å². The van der Waals surface area contributed by atoms with E-state index in [2.05, 4.69) is 10.6 Å². The summed E-state index contributed by atoms with van der Waals surface area (Å²) in [5, 5.41) is 93.3. The fourth-order valence-electron chi connectivity index (χ4n) is 4.72. The molecule has 17 heteroatoms. The van der Waals surface area contributed by atoms with Crippen molar-refractivity contribution in [2.75, 3.05) is 39.6 Å². The SMILES string of the molecule is CC(CO)C(O)C(O)C(O)C(O)OCCCCC(=O)NCCCC[C@H](C=O)NC(=O)CCCCOC1OCC(CO)C(O)C(O)C1O. The largest absolute Gasteiger partial charge is 0.396 e. The summed E-state index contributed by atoms with van der Waals surface area (Å²) in [7, 11) is 0. The van der Waals surface area contributed by atoms with Crippen LogP contribution < -0.4 is 10.6 Å². The van der Waals surface area contributed by atoms with Gasteiger partial charge in [-0.2, -0.15) is 0 Å². The maximum absolute atomic E-state index is 12.2. The second-order valence-electron chi connectivity index (χ2n) is 11.9. The number of hydrogen-bond donors (Lipinski definition) is 11. The van der Waals surface area contributed by atoms with Crippen molar-refractivity contribution in [1.82, 2.24) is 10.6 Å². The highest BCUT2D eigenvalue weighted by Crippen LogP contribution is 2.21. The molecule has 1 saturated heterocycles. The normalized spacial score (nSPS) is 25.5. The minimum atomic E-state index is -1.78. The van der Waals surface area contributed by atoms with Crippen molar-refractivity contribution in [2.24, 2.45) is 11.8 Å². The van der Waals surface area contributed by atoms with E-state index in [0.29, 0.717) is 57.8 Å². The highest BCUT2D eigenvalue weighted by Gasteiger charge is 2.40. The molecule has 0 aromatic heterocycles. The molecule has 0 aliphatic carbocycles. The van der Waals surface area contributed by atoms with Crippen LogP contribution in [0, 0.1) is 11.8 Å². The van der Waals surface area contributed by atoms with Crippen LogP contribution in [0.2, 0.25) is 0 Å². The molecule has 0 bridgehead atoms. The Labute approximate surface area is 274 Å². The Balaban J connectivity index is 2.12. The van der Waals surface area contributed by atoms with Gasteiger partial charge in [0.05, 0.1) is 31.5 Å². The molecule has 0 saturated carbocycles. The van der Waals surface area contributed by atoms with Crippen LogP contribution in [0.5, 0.6) is 0 Å². The third-order valence-corrected chi connectivity index (χ3v) is 7.98. The lowest BCUT2D eigenvalue weighted by atomic mass is 9.97. The Morgan fingerprint density at radius 1 is 0.851 bits per heavy atom. The summed E-state index contributed by atoms with van der Waals surface area (Å²) >= 11 is 0. The maximum Gasteiger partial charge on any atom is 0.220 e. The van der Waals surface area contributed by atoms with E-state index in [0.717, 1.165) is 0 Å². The van der Waals surface area contributed by atoms with E-state index in [4.69, 9.17) is 19.3 Å². The molecule has 47 heavy (non-hydrogen) atoms. The molecule has 17 nitrogen and oxygen atoms in total. The monoisotopic (exact) mass is 684 g/mol. The van der Waals surface area contributed by atoms with Crippen LogP contribution >= 0.6 is 0 Å². The third-order valence-electron chi connectivity index (χ3n) is 7.98. The second kappa shape index (κ2) is 24.3. The standard InChI is InChI=1S/C30H56N2O15/c1-18(14-33)23(38)25(40)27(42)29(44)45-12-6-3-9-21(36)31-11-5-2-8-20(16-35)32-22(37)10-4-7-13-46-30-28(43)26(41)24(39)19(15-34)17-47-30/h16,18-20,23-30,33-34,38-44H,2-15,17H2,1H3,(H,31,36)(H,32,37)/t18?,19?,20-,23?,24?,25?,26?,27?,28?,29?,30?/m1/s1. The summed E-state index contributed by atoms with van der Waals surface area (Å²) in [5.41, 5.74) is 0. The van der Waals surface area contributed by atoms with Crippen molar-refractivity contribution < 1.29 is 74.6 Å². The Morgan fingerprint density at radius 3 is 2.15 bits per heavy atom. The van der Waals surface area contributed by atoms with Crippen LogP contribution in [0.3, 0.4) is 0 Å². The van der Waals surface area contributed by atoms with E-state index in [1.807, 2.05) is 0 Å². The van der Waals surface area contributed by atoms with E-state index < -0.39 is 80.3 Å². The zero-order valence-electron chi connectivity index (χ0n) is 27.0. The molecule has 1 rings (SSSR count). The Morgan fingerprint density at radius 2 is 1.51 bits per heavy atom. The first kappa shape index (κ1) is 43.2. The summed E-state index contributed by atoms with van der Waals surface area (Å²) in [4.78, 5) is 35.7. The number of rotatable bonds is 25. The van der Waals surface area contributed by atoms with Gasteiger partial charge in [0, 0.05) is 51.0 Å². The molecule has 1 heterocycles. The molecule has 0 aromatic carbocycles. The van der Waals surface area contributed by atoms with E-state index >= 15 is 0 Å². The number of carbonyl (C=O) groups is 3. The molecule has 11 atom stereocenters. The van der Waals surface area contributed by atoms with E-state index in [-0.39, 0.29) is 44.5 Å². The van der Waals surface area contributed by atoms with Gasteiger partial charge >= 0.3 is 0 Å². The lowest BCUT2D eigenvalue weighted by Crippen LogP contribution is -2.48. The van der Waals surface area contributed by atoms with Gasteiger partial charge in [0.2, 0.25) is 11.8 Å². The first-order valence-corrected chi connectivity index (χ1v) is 16.2. The molecule has 10 unspecified atom stereocenters. The zero-order valence-corrected chi connectivity index (χ0v) is 27.0. The number of nitrogens with one attached hydrogen (secondary N) is 2. The first-order chi connectivity index (χ1) is 22.4. The molecule has 2 amide bonds. The predicted molar refractivity (Wildman–Crippen MR) is 163 cm³/mol.